The largest absolute Gasteiger partial charge is 0.394 e. The van der Waals surface area contributed by atoms with Crippen molar-refractivity contribution < 1.29 is 89.4 Å². The SMILES string of the molecule is CCCCCC/C=C/CC/C=C/C(O)C(COC1OC(CO)C(OC2OC(CO)C(OC3OC(CO)C(O)C(O)C3O)C(O)C2O)C(O)C1O)NC(=O)CCCCCCCCCC/C=C\C/C=C\C/C=C\CCCCCCC. The van der Waals surface area contributed by atoms with Gasteiger partial charge in [0.15, 0.2) is 18.9 Å². The van der Waals surface area contributed by atoms with Gasteiger partial charge in [-0.3, -0.25) is 4.79 Å². The summed E-state index contributed by atoms with van der Waals surface area (Å²) in [6.07, 6.45) is 20.8. The fourth-order valence-electron chi connectivity index (χ4n) is 9.62. The molecular weight excluding hydrogens is 1010 g/mol. The van der Waals surface area contributed by atoms with Crippen LogP contribution >= 0.6 is 0 Å². The van der Waals surface area contributed by atoms with E-state index in [1.807, 2.05) is 6.08 Å². The minimum absolute atomic E-state index is 0.224. The van der Waals surface area contributed by atoms with Crippen LogP contribution in [0.15, 0.2) is 60.8 Å². The van der Waals surface area contributed by atoms with Gasteiger partial charge in [0, 0.05) is 6.42 Å². The molecule has 1 amide bonds. The number of ether oxygens (including phenoxy) is 6. The van der Waals surface area contributed by atoms with E-state index in [0.717, 1.165) is 64.2 Å². The maximum atomic E-state index is 13.3. The summed E-state index contributed by atoms with van der Waals surface area (Å²) >= 11 is 0. The normalized spacial score (nSPS) is 30.9. The molecule has 0 bridgehead atoms. The summed E-state index contributed by atoms with van der Waals surface area (Å²) in [7, 11) is 0. The molecule has 3 fully saturated rings. The molecule has 3 aliphatic heterocycles. The predicted octanol–water partition coefficient (Wildman–Crippen LogP) is 4.87. The van der Waals surface area contributed by atoms with Crippen LogP contribution in [0.3, 0.4) is 0 Å². The molecule has 19 nitrogen and oxygen atoms in total. The molecule has 0 aromatic heterocycles. The highest BCUT2D eigenvalue weighted by atomic mass is 16.8. The first kappa shape index (κ1) is 69.8. The number of hydrogen-bond donors (Lipinski definition) is 12. The smallest absolute Gasteiger partial charge is 0.220 e. The quantitative estimate of drug-likeness (QED) is 0.0287. The van der Waals surface area contributed by atoms with Crippen molar-refractivity contribution in [1.82, 2.24) is 5.32 Å². The number of hydrogen-bond acceptors (Lipinski definition) is 18. The van der Waals surface area contributed by atoms with E-state index >= 15 is 0 Å². The number of unbranched alkanes of at least 4 members (excludes halogenated alkanes) is 18. The van der Waals surface area contributed by atoms with Crippen molar-refractivity contribution in [2.24, 2.45) is 0 Å². The summed E-state index contributed by atoms with van der Waals surface area (Å²) in [5.41, 5.74) is 0. The number of amides is 1. The van der Waals surface area contributed by atoms with Crippen LogP contribution < -0.4 is 5.32 Å². The third-order valence-electron chi connectivity index (χ3n) is 14.5. The summed E-state index contributed by atoms with van der Waals surface area (Å²) in [4.78, 5) is 13.3. The first-order valence-corrected chi connectivity index (χ1v) is 29.5. The zero-order valence-electron chi connectivity index (χ0n) is 46.9. The lowest BCUT2D eigenvalue weighted by molar-refractivity contribution is -0.379. The van der Waals surface area contributed by atoms with E-state index < -0.39 is 124 Å². The molecule has 3 aliphatic rings. The molecule has 0 saturated carbocycles. The van der Waals surface area contributed by atoms with Crippen LogP contribution in [-0.2, 0) is 33.2 Å². The van der Waals surface area contributed by atoms with Gasteiger partial charge in [0.05, 0.1) is 38.6 Å². The topological polar surface area (TPSA) is 307 Å². The number of nitrogens with one attached hydrogen (secondary N) is 1. The molecule has 0 aromatic carbocycles. The third-order valence-corrected chi connectivity index (χ3v) is 14.5. The Bertz CT molecular complexity index is 1660. The van der Waals surface area contributed by atoms with Crippen LogP contribution in [0.4, 0.5) is 0 Å². The van der Waals surface area contributed by atoms with Crippen LogP contribution in [0, 0.1) is 0 Å². The number of carbonyl (C=O) groups excluding carboxylic acids is 1. The number of rotatable bonds is 42. The molecule has 3 rings (SSSR count). The number of carbonyl (C=O) groups is 1. The average molecular weight is 1110 g/mol. The second kappa shape index (κ2) is 42.3. The number of aliphatic hydroxyl groups is 11. The molecule has 17 unspecified atom stereocenters. The van der Waals surface area contributed by atoms with E-state index in [1.54, 1.807) is 6.08 Å². The summed E-state index contributed by atoms with van der Waals surface area (Å²) < 4.78 is 34.1. The van der Waals surface area contributed by atoms with Crippen molar-refractivity contribution in [2.75, 3.05) is 26.4 Å². The van der Waals surface area contributed by atoms with Gasteiger partial charge >= 0.3 is 0 Å². The second-order valence-corrected chi connectivity index (χ2v) is 21.1. The summed E-state index contributed by atoms with van der Waals surface area (Å²) in [5.74, 6) is -0.298. The highest BCUT2D eigenvalue weighted by molar-refractivity contribution is 5.76. The Morgan fingerprint density at radius 2 is 0.859 bits per heavy atom. The molecule has 19 heteroatoms. The second-order valence-electron chi connectivity index (χ2n) is 21.1. The van der Waals surface area contributed by atoms with Crippen molar-refractivity contribution in [2.45, 2.75) is 279 Å². The maximum Gasteiger partial charge on any atom is 0.220 e. The van der Waals surface area contributed by atoms with Crippen molar-refractivity contribution in [1.29, 1.82) is 0 Å². The van der Waals surface area contributed by atoms with Gasteiger partial charge in [0.2, 0.25) is 5.91 Å². The highest BCUT2D eigenvalue weighted by Crippen LogP contribution is 2.33. The lowest BCUT2D eigenvalue weighted by atomic mass is 9.96. The Morgan fingerprint density at radius 1 is 0.462 bits per heavy atom. The van der Waals surface area contributed by atoms with Gasteiger partial charge in [-0.1, -0.05) is 158 Å². The standard InChI is InChI=1S/C59H103NO18/c1-3-5-7-9-11-13-15-16-17-18-19-20-21-22-23-24-25-26-27-29-31-33-35-37-47(65)60-42(43(64)36-34-32-30-28-14-12-10-8-6-4-2)41-73-57-53(71)50(68)55(45(39-62)75-57)78-59-54(72)51(69)56(46(40-63)76-59)77-58-52(70)49(67)48(66)44(38-61)74-58/h14-16,18-19,21-22,28,34,36,42-46,48-59,61-64,66-72H,3-13,17,20,23-27,29-33,35,37-41H2,1-2H3,(H,60,65)/b16-15-,19-18-,22-21-,28-14+,36-34+. The Morgan fingerprint density at radius 3 is 1.38 bits per heavy atom. The van der Waals surface area contributed by atoms with E-state index in [2.05, 4.69) is 67.8 Å². The minimum Gasteiger partial charge on any atom is -0.394 e. The van der Waals surface area contributed by atoms with Crippen LogP contribution in [-0.4, -0.2) is 193 Å². The lowest BCUT2D eigenvalue weighted by Gasteiger charge is -2.48. The lowest BCUT2D eigenvalue weighted by Crippen LogP contribution is -2.66. The number of allylic oxidation sites excluding steroid dienone is 9. The van der Waals surface area contributed by atoms with Crippen LogP contribution in [0.2, 0.25) is 0 Å². The Balaban J connectivity index is 1.47. The van der Waals surface area contributed by atoms with Gasteiger partial charge in [-0.25, -0.2) is 0 Å². The molecular formula is C59H103NO18. The molecule has 17 atom stereocenters. The first-order valence-electron chi connectivity index (χ1n) is 29.5. The van der Waals surface area contributed by atoms with Gasteiger partial charge in [-0.2, -0.15) is 0 Å². The van der Waals surface area contributed by atoms with E-state index in [-0.39, 0.29) is 18.9 Å². The van der Waals surface area contributed by atoms with Crippen LogP contribution in [0.5, 0.6) is 0 Å². The Kier molecular flexibility index (Phi) is 37.9. The fraction of sp³-hybridized carbons (Fsp3) is 0.814. The molecule has 0 aliphatic carbocycles. The molecule has 452 valence electrons. The van der Waals surface area contributed by atoms with Gasteiger partial charge < -0.3 is 89.9 Å². The fourth-order valence-corrected chi connectivity index (χ4v) is 9.62. The van der Waals surface area contributed by atoms with E-state index in [0.29, 0.717) is 12.8 Å². The molecule has 0 spiro atoms. The van der Waals surface area contributed by atoms with Crippen molar-refractivity contribution in [3.8, 4) is 0 Å². The van der Waals surface area contributed by atoms with E-state index in [1.165, 1.54) is 77.0 Å². The van der Waals surface area contributed by atoms with Gasteiger partial charge in [-0.15, -0.1) is 0 Å². The van der Waals surface area contributed by atoms with Crippen molar-refractivity contribution >= 4 is 5.91 Å². The van der Waals surface area contributed by atoms with Crippen LogP contribution in [0.25, 0.3) is 0 Å². The van der Waals surface area contributed by atoms with Crippen molar-refractivity contribution in [3.63, 3.8) is 0 Å². The maximum absolute atomic E-state index is 13.3. The molecule has 78 heavy (non-hydrogen) atoms. The van der Waals surface area contributed by atoms with E-state index in [4.69, 9.17) is 28.4 Å². The summed E-state index contributed by atoms with van der Waals surface area (Å²) in [6, 6.07) is -0.994. The molecule has 3 saturated heterocycles. The van der Waals surface area contributed by atoms with E-state index in [9.17, 15) is 61.0 Å². The monoisotopic (exact) mass is 1110 g/mol. The van der Waals surface area contributed by atoms with Gasteiger partial charge in [-0.05, 0) is 70.6 Å². The zero-order valence-corrected chi connectivity index (χ0v) is 46.9. The molecule has 3 heterocycles. The van der Waals surface area contributed by atoms with Crippen LogP contribution in [0.1, 0.15) is 174 Å². The first-order chi connectivity index (χ1) is 37.8. The van der Waals surface area contributed by atoms with Crippen molar-refractivity contribution in [3.05, 3.63) is 60.8 Å². The zero-order chi connectivity index (χ0) is 56.9. The van der Waals surface area contributed by atoms with Gasteiger partial charge in [0.25, 0.3) is 0 Å². The highest BCUT2D eigenvalue weighted by Gasteiger charge is 2.53. The Labute approximate surface area is 465 Å². The van der Waals surface area contributed by atoms with Gasteiger partial charge in [0.1, 0.15) is 73.2 Å². The molecule has 12 N–H and O–H groups in total. The summed E-state index contributed by atoms with van der Waals surface area (Å²) in [6.45, 7) is 1.62. The predicted molar refractivity (Wildman–Crippen MR) is 295 cm³/mol. The molecule has 0 aromatic rings. The Hall–Kier alpha value is -2.51. The minimum atomic E-state index is -1.98. The summed E-state index contributed by atoms with van der Waals surface area (Å²) in [5, 5.41) is 120. The number of aliphatic hydroxyl groups excluding tert-OH is 11. The third kappa shape index (κ3) is 26.2. The average Bonchev–Trinajstić information content (AvgIpc) is 3.47. The molecule has 0 radical (unpaired) electrons.